The van der Waals surface area contributed by atoms with Crippen LogP contribution in [0, 0.1) is 0 Å². The lowest BCUT2D eigenvalue weighted by Crippen LogP contribution is -2.01. The lowest BCUT2D eigenvalue weighted by molar-refractivity contribution is -0.137. The first-order valence-corrected chi connectivity index (χ1v) is 5.83. The minimum Gasteiger partial charge on any atom is -0.481 e. The zero-order valence-electron chi connectivity index (χ0n) is 8.78. The zero-order chi connectivity index (χ0) is 11.1. The second-order valence-electron chi connectivity index (χ2n) is 3.65. The van der Waals surface area contributed by atoms with Gasteiger partial charge in [0, 0.05) is 6.42 Å². The van der Waals surface area contributed by atoms with Gasteiger partial charge in [-0.1, -0.05) is 30.7 Å². The molecule has 2 nitrogen and oxygen atoms in total. The molecule has 0 radical (unpaired) electrons. The fraction of sp³-hybridized carbons (Fsp3) is 0.417. The summed E-state index contributed by atoms with van der Waals surface area (Å²) in [6.07, 6.45) is 4.18. The second kappa shape index (κ2) is 6.58. The largest absolute Gasteiger partial charge is 0.481 e. The maximum atomic E-state index is 10.3. The molecule has 82 valence electrons. The third-order valence-electron chi connectivity index (χ3n) is 2.39. The molecule has 1 aromatic carbocycles. The number of carboxylic acid groups (broad SMARTS) is 1. The summed E-state index contributed by atoms with van der Waals surface area (Å²) in [5.74, 6) is -0.693. The fourth-order valence-electron chi connectivity index (χ4n) is 1.53. The Balaban J connectivity index is 2.21. The summed E-state index contributed by atoms with van der Waals surface area (Å²) in [5.41, 5.74) is 1.35. The van der Waals surface area contributed by atoms with Crippen LogP contribution in [-0.2, 0) is 11.2 Å². The van der Waals surface area contributed by atoms with Crippen molar-refractivity contribution in [1.82, 2.24) is 0 Å². The maximum absolute atomic E-state index is 10.3. The zero-order valence-corrected chi connectivity index (χ0v) is 9.93. The molecular formula is C12H17O2P. The molecule has 0 saturated carbocycles. The Labute approximate surface area is 92.9 Å². The molecule has 0 fully saturated rings. The molecule has 1 unspecified atom stereocenters. The van der Waals surface area contributed by atoms with Gasteiger partial charge >= 0.3 is 5.97 Å². The van der Waals surface area contributed by atoms with E-state index in [0.29, 0.717) is 6.42 Å². The first-order valence-electron chi connectivity index (χ1n) is 5.25. The number of benzene rings is 1. The number of rotatable bonds is 6. The number of carbonyl (C=O) groups is 1. The van der Waals surface area contributed by atoms with E-state index in [1.807, 2.05) is 12.1 Å². The number of aliphatic carboxylic acids is 1. The van der Waals surface area contributed by atoms with Crippen molar-refractivity contribution < 1.29 is 9.90 Å². The monoisotopic (exact) mass is 224 g/mol. The van der Waals surface area contributed by atoms with Gasteiger partial charge in [-0.2, -0.15) is 0 Å². The van der Waals surface area contributed by atoms with Crippen molar-refractivity contribution in [3.05, 3.63) is 29.8 Å². The molecule has 1 aromatic rings. The second-order valence-corrected chi connectivity index (χ2v) is 4.28. The van der Waals surface area contributed by atoms with Crippen molar-refractivity contribution in [2.45, 2.75) is 32.1 Å². The van der Waals surface area contributed by atoms with Crippen LogP contribution in [0.25, 0.3) is 0 Å². The SMILES string of the molecule is O=C(O)CCCCCc1ccccc1P. The highest BCUT2D eigenvalue weighted by atomic mass is 31.0. The molecule has 1 rings (SSSR count). The van der Waals surface area contributed by atoms with Crippen LogP contribution in [0.4, 0.5) is 0 Å². The Morgan fingerprint density at radius 1 is 1.20 bits per heavy atom. The van der Waals surface area contributed by atoms with Gasteiger partial charge in [0.25, 0.3) is 0 Å². The Morgan fingerprint density at radius 3 is 2.60 bits per heavy atom. The van der Waals surface area contributed by atoms with Gasteiger partial charge in [-0.3, -0.25) is 4.79 Å². The minimum absolute atomic E-state index is 0.294. The van der Waals surface area contributed by atoms with Crippen LogP contribution in [0.5, 0.6) is 0 Å². The summed E-state index contributed by atoms with van der Waals surface area (Å²) in [6.45, 7) is 0. The van der Waals surface area contributed by atoms with Crippen molar-refractivity contribution >= 4 is 20.5 Å². The Bertz CT molecular complexity index is 323. The van der Waals surface area contributed by atoms with E-state index in [2.05, 4.69) is 21.4 Å². The van der Waals surface area contributed by atoms with Gasteiger partial charge in [0.1, 0.15) is 0 Å². The van der Waals surface area contributed by atoms with Gasteiger partial charge < -0.3 is 5.11 Å². The van der Waals surface area contributed by atoms with Crippen molar-refractivity contribution in [3.8, 4) is 0 Å². The smallest absolute Gasteiger partial charge is 0.303 e. The number of aryl methyl sites for hydroxylation is 1. The van der Waals surface area contributed by atoms with Gasteiger partial charge in [-0.25, -0.2) is 0 Å². The molecule has 1 atom stereocenters. The Hall–Kier alpha value is -0.880. The fourth-order valence-corrected chi connectivity index (χ4v) is 1.88. The van der Waals surface area contributed by atoms with Gasteiger partial charge in [0.05, 0.1) is 0 Å². The highest BCUT2D eigenvalue weighted by Crippen LogP contribution is 2.08. The molecule has 0 aliphatic rings. The summed E-state index contributed by atoms with van der Waals surface area (Å²) in [5, 5.41) is 9.72. The summed E-state index contributed by atoms with van der Waals surface area (Å²) in [4.78, 5) is 10.3. The topological polar surface area (TPSA) is 37.3 Å². The summed E-state index contributed by atoms with van der Waals surface area (Å²) >= 11 is 0. The lowest BCUT2D eigenvalue weighted by Gasteiger charge is -2.04. The molecule has 0 bridgehead atoms. The van der Waals surface area contributed by atoms with Crippen LogP contribution in [-0.4, -0.2) is 11.1 Å². The third-order valence-corrected chi connectivity index (χ3v) is 2.96. The van der Waals surface area contributed by atoms with E-state index >= 15 is 0 Å². The maximum Gasteiger partial charge on any atom is 0.303 e. The number of unbranched alkanes of at least 4 members (excludes halogenated alkanes) is 2. The van der Waals surface area contributed by atoms with E-state index in [1.165, 1.54) is 10.9 Å². The standard InChI is InChI=1S/C12H17O2P/c13-12(14)9-3-1-2-6-10-7-4-5-8-11(10)15/h4-5,7-8H,1-3,6,9,15H2,(H,13,14). The normalized spacial score (nSPS) is 10.2. The average molecular weight is 224 g/mol. The van der Waals surface area contributed by atoms with Crippen LogP contribution in [0.15, 0.2) is 24.3 Å². The molecule has 0 amide bonds. The lowest BCUT2D eigenvalue weighted by atomic mass is 10.1. The first kappa shape index (κ1) is 12.2. The predicted molar refractivity (Wildman–Crippen MR) is 65.6 cm³/mol. The average Bonchev–Trinajstić information content (AvgIpc) is 2.20. The van der Waals surface area contributed by atoms with E-state index in [-0.39, 0.29) is 0 Å². The van der Waals surface area contributed by atoms with Gasteiger partial charge in [-0.05, 0) is 30.1 Å². The molecule has 0 aliphatic heterocycles. The molecule has 15 heavy (non-hydrogen) atoms. The van der Waals surface area contributed by atoms with E-state index in [4.69, 9.17) is 5.11 Å². The van der Waals surface area contributed by atoms with E-state index in [9.17, 15) is 4.79 Å². The number of carboxylic acids is 1. The molecule has 0 spiro atoms. The van der Waals surface area contributed by atoms with E-state index in [0.717, 1.165) is 25.7 Å². The number of hydrogen-bond acceptors (Lipinski definition) is 1. The van der Waals surface area contributed by atoms with Crippen molar-refractivity contribution in [1.29, 1.82) is 0 Å². The van der Waals surface area contributed by atoms with Gasteiger partial charge in [-0.15, -0.1) is 9.24 Å². The number of hydrogen-bond donors (Lipinski definition) is 1. The molecule has 0 aliphatic carbocycles. The molecule has 0 saturated heterocycles. The molecule has 3 heteroatoms. The molecule has 0 heterocycles. The Kier molecular flexibility index (Phi) is 5.34. The summed E-state index contributed by atoms with van der Waals surface area (Å²) in [6, 6.07) is 8.27. The van der Waals surface area contributed by atoms with Gasteiger partial charge in [0.15, 0.2) is 0 Å². The van der Waals surface area contributed by atoms with Crippen molar-refractivity contribution in [2.24, 2.45) is 0 Å². The highest BCUT2D eigenvalue weighted by Gasteiger charge is 1.99. The third kappa shape index (κ3) is 4.94. The molecule has 0 aromatic heterocycles. The molecular weight excluding hydrogens is 207 g/mol. The Morgan fingerprint density at radius 2 is 1.93 bits per heavy atom. The van der Waals surface area contributed by atoms with E-state index in [1.54, 1.807) is 0 Å². The molecule has 1 N–H and O–H groups in total. The van der Waals surface area contributed by atoms with Crippen molar-refractivity contribution in [3.63, 3.8) is 0 Å². The van der Waals surface area contributed by atoms with Crippen molar-refractivity contribution in [2.75, 3.05) is 0 Å². The summed E-state index contributed by atoms with van der Waals surface area (Å²) < 4.78 is 0. The van der Waals surface area contributed by atoms with Gasteiger partial charge in [0.2, 0.25) is 0 Å². The van der Waals surface area contributed by atoms with Crippen LogP contribution in [0.1, 0.15) is 31.2 Å². The predicted octanol–water partition coefficient (Wildman–Crippen LogP) is 2.37. The minimum atomic E-state index is -0.693. The summed E-state index contributed by atoms with van der Waals surface area (Å²) in [7, 11) is 2.73. The van der Waals surface area contributed by atoms with Crippen LogP contribution in [0.2, 0.25) is 0 Å². The van der Waals surface area contributed by atoms with E-state index < -0.39 is 5.97 Å². The van der Waals surface area contributed by atoms with Crippen LogP contribution < -0.4 is 5.30 Å². The quantitative estimate of drug-likeness (QED) is 0.595. The van der Waals surface area contributed by atoms with Crippen LogP contribution in [0.3, 0.4) is 0 Å². The highest BCUT2D eigenvalue weighted by molar-refractivity contribution is 7.27. The van der Waals surface area contributed by atoms with Crippen LogP contribution >= 0.6 is 9.24 Å². The first-order chi connectivity index (χ1) is 7.20.